The van der Waals surface area contributed by atoms with E-state index in [2.05, 4.69) is 4.90 Å². The normalized spacial score (nSPS) is 39.0. The monoisotopic (exact) mass is 155 g/mol. The number of aliphatic hydroxyl groups excluding tert-OH is 1. The van der Waals surface area contributed by atoms with E-state index in [-0.39, 0.29) is 0 Å². The Morgan fingerprint density at radius 1 is 1.18 bits per heavy atom. The molecule has 2 unspecified atom stereocenters. The maximum atomic E-state index is 9.08. The average Bonchev–Trinajstić information content (AvgIpc) is 2.47. The van der Waals surface area contributed by atoms with E-state index in [0.29, 0.717) is 12.5 Å². The summed E-state index contributed by atoms with van der Waals surface area (Å²) in [5, 5.41) is 9.08. The van der Waals surface area contributed by atoms with Crippen molar-refractivity contribution < 1.29 is 5.11 Å². The van der Waals surface area contributed by atoms with E-state index in [0.717, 1.165) is 6.04 Å². The van der Waals surface area contributed by atoms with Crippen molar-refractivity contribution in [2.45, 2.75) is 31.7 Å². The van der Waals surface area contributed by atoms with Gasteiger partial charge in [0.2, 0.25) is 0 Å². The minimum Gasteiger partial charge on any atom is -0.396 e. The Morgan fingerprint density at radius 2 is 2.09 bits per heavy atom. The van der Waals surface area contributed by atoms with Crippen molar-refractivity contribution in [3.63, 3.8) is 0 Å². The summed E-state index contributed by atoms with van der Waals surface area (Å²) in [7, 11) is 0. The van der Waals surface area contributed by atoms with Gasteiger partial charge in [0.05, 0.1) is 0 Å². The molecular formula is C9H17NO. The molecule has 0 aromatic carbocycles. The predicted octanol–water partition coefficient (Wildman–Crippen LogP) is 0.853. The summed E-state index contributed by atoms with van der Waals surface area (Å²) in [6, 6.07) is 0.730. The number of hydrogen-bond acceptors (Lipinski definition) is 2. The minimum absolute atomic E-state index is 0.404. The number of piperidine rings is 1. The van der Waals surface area contributed by atoms with Crippen molar-refractivity contribution in [1.82, 2.24) is 4.90 Å². The molecule has 2 fully saturated rings. The zero-order valence-electron chi connectivity index (χ0n) is 7.00. The molecule has 2 aliphatic rings. The van der Waals surface area contributed by atoms with Gasteiger partial charge in [-0.1, -0.05) is 6.42 Å². The number of rotatable bonds is 1. The maximum Gasteiger partial charge on any atom is 0.0474 e. The molecule has 2 heterocycles. The van der Waals surface area contributed by atoms with Crippen molar-refractivity contribution in [2.24, 2.45) is 5.92 Å². The predicted molar refractivity (Wildman–Crippen MR) is 44.4 cm³/mol. The second-order valence-electron chi connectivity index (χ2n) is 3.83. The second kappa shape index (κ2) is 3.11. The van der Waals surface area contributed by atoms with Gasteiger partial charge in [-0.2, -0.15) is 0 Å². The fraction of sp³-hybridized carbons (Fsp3) is 1.00. The summed E-state index contributed by atoms with van der Waals surface area (Å²) in [5.41, 5.74) is 0. The number of nitrogens with zero attached hydrogens (tertiary/aromatic N) is 1. The first-order valence-corrected chi connectivity index (χ1v) is 4.76. The van der Waals surface area contributed by atoms with Crippen LogP contribution >= 0.6 is 0 Å². The van der Waals surface area contributed by atoms with Gasteiger partial charge in [0.1, 0.15) is 0 Å². The van der Waals surface area contributed by atoms with Crippen LogP contribution in [-0.2, 0) is 0 Å². The molecule has 0 aliphatic carbocycles. The zero-order chi connectivity index (χ0) is 7.68. The van der Waals surface area contributed by atoms with Gasteiger partial charge in [0, 0.05) is 12.6 Å². The highest BCUT2D eigenvalue weighted by Gasteiger charge is 2.34. The van der Waals surface area contributed by atoms with Crippen molar-refractivity contribution in [1.29, 1.82) is 0 Å². The van der Waals surface area contributed by atoms with Crippen LogP contribution in [-0.4, -0.2) is 35.7 Å². The maximum absolute atomic E-state index is 9.08. The van der Waals surface area contributed by atoms with Crippen LogP contribution in [0.15, 0.2) is 0 Å². The Kier molecular flexibility index (Phi) is 2.14. The van der Waals surface area contributed by atoms with Crippen LogP contribution in [0.4, 0.5) is 0 Å². The molecular weight excluding hydrogens is 138 g/mol. The quantitative estimate of drug-likeness (QED) is 0.607. The zero-order valence-corrected chi connectivity index (χ0v) is 7.00. The van der Waals surface area contributed by atoms with Crippen LogP contribution in [0, 0.1) is 5.92 Å². The third-order valence-electron chi connectivity index (χ3n) is 3.23. The van der Waals surface area contributed by atoms with E-state index in [9.17, 15) is 0 Å². The van der Waals surface area contributed by atoms with Crippen LogP contribution in [0.1, 0.15) is 25.7 Å². The topological polar surface area (TPSA) is 23.5 Å². The molecule has 2 nitrogen and oxygen atoms in total. The Hall–Kier alpha value is -0.0800. The third kappa shape index (κ3) is 1.30. The molecule has 2 heteroatoms. The Labute approximate surface area is 68.2 Å². The van der Waals surface area contributed by atoms with Gasteiger partial charge >= 0.3 is 0 Å². The Morgan fingerprint density at radius 3 is 2.91 bits per heavy atom. The van der Waals surface area contributed by atoms with Crippen molar-refractivity contribution in [3.05, 3.63) is 0 Å². The van der Waals surface area contributed by atoms with E-state index >= 15 is 0 Å². The number of fused-ring (bicyclic) bond motifs is 1. The van der Waals surface area contributed by atoms with Crippen LogP contribution in [0.25, 0.3) is 0 Å². The SMILES string of the molecule is OCC1CCN2CCCCC12. The highest BCUT2D eigenvalue weighted by atomic mass is 16.3. The Bertz CT molecular complexity index is 132. The van der Waals surface area contributed by atoms with E-state index in [1.165, 1.54) is 38.8 Å². The smallest absolute Gasteiger partial charge is 0.0474 e. The molecule has 2 atom stereocenters. The van der Waals surface area contributed by atoms with Gasteiger partial charge in [0.25, 0.3) is 0 Å². The summed E-state index contributed by atoms with van der Waals surface area (Å²) in [4.78, 5) is 2.56. The molecule has 0 aromatic rings. The summed E-state index contributed by atoms with van der Waals surface area (Å²) in [5.74, 6) is 0.593. The van der Waals surface area contributed by atoms with Crippen LogP contribution in [0.5, 0.6) is 0 Å². The highest BCUT2D eigenvalue weighted by Crippen LogP contribution is 2.31. The highest BCUT2D eigenvalue weighted by molar-refractivity contribution is 4.88. The molecule has 0 aromatic heterocycles. The molecule has 0 saturated carbocycles. The van der Waals surface area contributed by atoms with E-state index in [4.69, 9.17) is 5.11 Å². The molecule has 11 heavy (non-hydrogen) atoms. The van der Waals surface area contributed by atoms with E-state index < -0.39 is 0 Å². The second-order valence-corrected chi connectivity index (χ2v) is 3.83. The third-order valence-corrected chi connectivity index (χ3v) is 3.23. The molecule has 0 bridgehead atoms. The van der Waals surface area contributed by atoms with Gasteiger partial charge in [0.15, 0.2) is 0 Å². The molecule has 0 radical (unpaired) electrons. The minimum atomic E-state index is 0.404. The lowest BCUT2D eigenvalue weighted by atomic mass is 9.94. The van der Waals surface area contributed by atoms with Gasteiger partial charge in [-0.15, -0.1) is 0 Å². The van der Waals surface area contributed by atoms with Crippen molar-refractivity contribution in [2.75, 3.05) is 19.7 Å². The summed E-state index contributed by atoms with van der Waals surface area (Å²) >= 11 is 0. The molecule has 2 saturated heterocycles. The first-order chi connectivity index (χ1) is 5.42. The molecule has 0 amide bonds. The standard InChI is InChI=1S/C9H17NO/c11-7-8-4-6-10-5-2-1-3-9(8)10/h8-9,11H,1-7H2. The Balaban J connectivity index is 1.98. The molecule has 0 spiro atoms. The lowest BCUT2D eigenvalue weighted by molar-refractivity contribution is 0.134. The number of aliphatic hydroxyl groups is 1. The molecule has 2 aliphatic heterocycles. The fourth-order valence-corrected chi connectivity index (χ4v) is 2.57. The molecule has 1 N–H and O–H groups in total. The first kappa shape index (κ1) is 7.56. The van der Waals surface area contributed by atoms with E-state index in [1.807, 2.05) is 0 Å². The lowest BCUT2D eigenvalue weighted by Gasteiger charge is -2.31. The van der Waals surface area contributed by atoms with Gasteiger partial charge in [-0.05, 0) is 38.3 Å². The van der Waals surface area contributed by atoms with Gasteiger partial charge in [-0.25, -0.2) is 0 Å². The summed E-state index contributed by atoms with van der Waals surface area (Å²) in [6.07, 6.45) is 5.29. The first-order valence-electron chi connectivity index (χ1n) is 4.76. The van der Waals surface area contributed by atoms with Crippen LogP contribution < -0.4 is 0 Å². The van der Waals surface area contributed by atoms with Gasteiger partial charge < -0.3 is 10.0 Å². The van der Waals surface area contributed by atoms with Crippen LogP contribution in [0.2, 0.25) is 0 Å². The molecule has 2 rings (SSSR count). The average molecular weight is 155 g/mol. The van der Waals surface area contributed by atoms with Crippen molar-refractivity contribution in [3.8, 4) is 0 Å². The van der Waals surface area contributed by atoms with Crippen molar-refractivity contribution >= 4 is 0 Å². The van der Waals surface area contributed by atoms with Crippen LogP contribution in [0.3, 0.4) is 0 Å². The summed E-state index contributed by atoms with van der Waals surface area (Å²) in [6.45, 7) is 2.91. The van der Waals surface area contributed by atoms with Gasteiger partial charge in [-0.3, -0.25) is 0 Å². The largest absolute Gasteiger partial charge is 0.396 e. The summed E-state index contributed by atoms with van der Waals surface area (Å²) < 4.78 is 0. The lowest BCUT2D eigenvalue weighted by Crippen LogP contribution is -2.37. The number of hydrogen-bond donors (Lipinski definition) is 1. The molecule has 64 valence electrons. The van der Waals surface area contributed by atoms with E-state index in [1.54, 1.807) is 0 Å². The fourth-order valence-electron chi connectivity index (χ4n) is 2.57.